The van der Waals surface area contributed by atoms with E-state index in [-0.39, 0.29) is 18.6 Å². The summed E-state index contributed by atoms with van der Waals surface area (Å²) in [4.78, 5) is 0. The number of fused-ring (bicyclic) bond motifs is 13. The zero-order valence-electron chi connectivity index (χ0n) is 29.4. The van der Waals surface area contributed by atoms with Gasteiger partial charge in [0.1, 0.15) is 6.29 Å². The molecule has 5 nitrogen and oxygen atoms in total. The molecule has 0 amide bonds. The van der Waals surface area contributed by atoms with Gasteiger partial charge in [-0.3, -0.25) is 16.0 Å². The molecule has 10 aromatic rings. The Hall–Kier alpha value is -6.50. The van der Waals surface area contributed by atoms with Crippen LogP contribution >= 0.6 is 0 Å². The SMILES string of the molecule is c1ccc(C2NC(c3ccccc3)NC(n3c4cc5c(cc4c4c6ccccc6ccc43)-n3c4ccccc4c4cccc(c43)-c3ccccc3-5)N2)cc1. The molecule has 5 heteroatoms. The van der Waals surface area contributed by atoms with E-state index in [9.17, 15) is 0 Å². The van der Waals surface area contributed by atoms with E-state index in [4.69, 9.17) is 0 Å². The summed E-state index contributed by atoms with van der Waals surface area (Å²) in [5, 5.41) is 19.4. The maximum atomic E-state index is 4.00. The number of benzene rings is 8. The predicted molar refractivity (Wildman–Crippen MR) is 223 cm³/mol. The van der Waals surface area contributed by atoms with Gasteiger partial charge < -0.3 is 9.13 Å². The van der Waals surface area contributed by atoms with Gasteiger partial charge in [-0.05, 0) is 57.3 Å². The highest BCUT2D eigenvalue weighted by atomic mass is 15.4. The van der Waals surface area contributed by atoms with Crippen molar-refractivity contribution < 1.29 is 0 Å². The summed E-state index contributed by atoms with van der Waals surface area (Å²) in [7, 11) is 0. The molecule has 4 heterocycles. The highest BCUT2D eigenvalue weighted by Gasteiger charge is 2.33. The monoisotopic (exact) mass is 693 g/mol. The summed E-state index contributed by atoms with van der Waals surface area (Å²) >= 11 is 0. The molecule has 2 atom stereocenters. The Kier molecular flexibility index (Phi) is 6.39. The van der Waals surface area contributed by atoms with E-state index in [1.54, 1.807) is 0 Å². The molecule has 12 rings (SSSR count). The number of nitrogens with one attached hydrogen (secondary N) is 3. The van der Waals surface area contributed by atoms with Crippen LogP contribution in [0, 0.1) is 0 Å². The van der Waals surface area contributed by atoms with E-state index in [1.807, 2.05) is 0 Å². The molecule has 2 aliphatic heterocycles. The lowest BCUT2D eigenvalue weighted by molar-refractivity contribution is 0.161. The third-order valence-electron chi connectivity index (χ3n) is 11.8. The molecular weight excluding hydrogens is 659 g/mol. The number of rotatable bonds is 3. The normalized spacial score (nSPS) is 18.0. The van der Waals surface area contributed by atoms with Crippen LogP contribution in [0.25, 0.3) is 82.3 Å². The van der Waals surface area contributed by atoms with Gasteiger partial charge in [-0.25, -0.2) is 0 Å². The fourth-order valence-corrected chi connectivity index (χ4v) is 9.42. The van der Waals surface area contributed by atoms with Crippen LogP contribution < -0.4 is 16.0 Å². The van der Waals surface area contributed by atoms with Gasteiger partial charge >= 0.3 is 0 Å². The summed E-state index contributed by atoms with van der Waals surface area (Å²) < 4.78 is 5.04. The van der Waals surface area contributed by atoms with Gasteiger partial charge in [0.25, 0.3) is 0 Å². The van der Waals surface area contributed by atoms with E-state index < -0.39 is 0 Å². The van der Waals surface area contributed by atoms with Crippen LogP contribution in [0.2, 0.25) is 0 Å². The van der Waals surface area contributed by atoms with Crippen LogP contribution in [0.15, 0.2) is 176 Å². The van der Waals surface area contributed by atoms with Gasteiger partial charge in [0.15, 0.2) is 0 Å². The number of aromatic nitrogens is 2. The van der Waals surface area contributed by atoms with Crippen molar-refractivity contribution >= 4 is 54.4 Å². The van der Waals surface area contributed by atoms with Crippen molar-refractivity contribution in [3.8, 4) is 27.9 Å². The van der Waals surface area contributed by atoms with E-state index in [0.717, 1.165) is 0 Å². The van der Waals surface area contributed by atoms with Crippen molar-refractivity contribution in [2.24, 2.45) is 0 Å². The Bertz CT molecular complexity index is 3060. The summed E-state index contributed by atoms with van der Waals surface area (Å²) in [6.45, 7) is 0. The van der Waals surface area contributed by atoms with E-state index in [2.05, 4.69) is 201 Å². The Morgan fingerprint density at radius 1 is 0.389 bits per heavy atom. The first-order valence-corrected chi connectivity index (χ1v) is 18.8. The maximum absolute atomic E-state index is 4.00. The molecule has 2 aliphatic rings. The fourth-order valence-electron chi connectivity index (χ4n) is 9.42. The number of hydrogen-bond acceptors (Lipinski definition) is 3. The minimum atomic E-state index is -0.238. The third-order valence-corrected chi connectivity index (χ3v) is 11.8. The maximum Gasteiger partial charge on any atom is 0.142 e. The molecule has 8 aromatic carbocycles. The number of para-hydroxylation sites is 2. The quantitative estimate of drug-likeness (QED) is 0.173. The van der Waals surface area contributed by atoms with Gasteiger partial charge in [-0.1, -0.05) is 152 Å². The van der Waals surface area contributed by atoms with E-state index >= 15 is 0 Å². The van der Waals surface area contributed by atoms with Crippen molar-refractivity contribution in [3.05, 3.63) is 187 Å². The Morgan fingerprint density at radius 2 is 1.00 bits per heavy atom. The minimum Gasteiger partial charge on any atom is -0.311 e. The molecule has 2 unspecified atom stereocenters. The lowest BCUT2D eigenvalue weighted by Crippen LogP contribution is -2.56. The van der Waals surface area contributed by atoms with Gasteiger partial charge in [0.05, 0.1) is 40.1 Å². The fraction of sp³-hybridized carbons (Fsp3) is 0.0612. The molecular formula is C49H35N5. The summed E-state index contributed by atoms with van der Waals surface area (Å²) in [5.41, 5.74) is 13.4. The molecule has 1 saturated heterocycles. The molecule has 0 saturated carbocycles. The molecule has 1 fully saturated rings. The first kappa shape index (κ1) is 30.0. The topological polar surface area (TPSA) is 46.0 Å². The molecule has 0 aliphatic carbocycles. The van der Waals surface area contributed by atoms with Crippen LogP contribution in [-0.2, 0) is 0 Å². The van der Waals surface area contributed by atoms with Crippen LogP contribution in [0.5, 0.6) is 0 Å². The van der Waals surface area contributed by atoms with Gasteiger partial charge in [0.2, 0.25) is 0 Å². The second-order valence-electron chi connectivity index (χ2n) is 14.6. The van der Waals surface area contributed by atoms with Crippen molar-refractivity contribution in [2.75, 3.05) is 0 Å². The number of nitrogens with zero attached hydrogens (tertiary/aromatic N) is 2. The molecule has 256 valence electrons. The lowest BCUT2D eigenvalue weighted by Gasteiger charge is -2.40. The summed E-state index contributed by atoms with van der Waals surface area (Å²) in [6, 6.07) is 64.4. The van der Waals surface area contributed by atoms with Crippen molar-refractivity contribution in [3.63, 3.8) is 0 Å². The van der Waals surface area contributed by atoms with Gasteiger partial charge in [-0.2, -0.15) is 0 Å². The van der Waals surface area contributed by atoms with E-state index in [0.29, 0.717) is 0 Å². The van der Waals surface area contributed by atoms with Crippen LogP contribution in [0.1, 0.15) is 29.7 Å². The first-order chi connectivity index (χ1) is 26.8. The van der Waals surface area contributed by atoms with Crippen molar-refractivity contribution in [2.45, 2.75) is 18.6 Å². The van der Waals surface area contributed by atoms with E-state index in [1.165, 1.54) is 93.5 Å². The van der Waals surface area contributed by atoms with Crippen molar-refractivity contribution in [1.29, 1.82) is 0 Å². The van der Waals surface area contributed by atoms with Gasteiger partial charge in [0, 0.05) is 32.7 Å². The summed E-state index contributed by atoms with van der Waals surface area (Å²) in [5.74, 6) is 0. The zero-order valence-corrected chi connectivity index (χ0v) is 29.4. The molecule has 0 bridgehead atoms. The Balaban J connectivity index is 1.20. The van der Waals surface area contributed by atoms with Crippen molar-refractivity contribution in [1.82, 2.24) is 25.1 Å². The molecule has 0 radical (unpaired) electrons. The van der Waals surface area contributed by atoms with Gasteiger partial charge in [-0.15, -0.1) is 0 Å². The second-order valence-corrected chi connectivity index (χ2v) is 14.6. The Labute approximate surface area is 312 Å². The molecule has 54 heavy (non-hydrogen) atoms. The highest BCUT2D eigenvalue weighted by Crippen LogP contribution is 2.49. The standard InChI is InChI=1S/C49H35N5/c1-3-15-31(16-4-1)47-50-48(32-17-5-2-6-18-32)52-49(51-47)54-42-27-26-30-14-7-8-19-33(30)45(42)40-29-43-39(28-44(40)54)35-21-10-9-20-34(35)37-23-13-24-38-36-22-11-12-25-41(36)53(43)46(37)38/h1-29,47-52H. The average molecular weight is 694 g/mol. The van der Waals surface area contributed by atoms with Crippen LogP contribution in [-0.4, -0.2) is 9.13 Å². The van der Waals surface area contributed by atoms with Crippen LogP contribution in [0.3, 0.4) is 0 Å². The Morgan fingerprint density at radius 3 is 1.76 bits per heavy atom. The smallest absolute Gasteiger partial charge is 0.142 e. The summed E-state index contributed by atoms with van der Waals surface area (Å²) in [6.07, 6.45) is -0.421. The first-order valence-electron chi connectivity index (χ1n) is 18.8. The largest absolute Gasteiger partial charge is 0.311 e. The third kappa shape index (κ3) is 4.26. The molecule has 3 N–H and O–H groups in total. The predicted octanol–water partition coefficient (Wildman–Crippen LogP) is 11.3. The highest BCUT2D eigenvalue weighted by molar-refractivity contribution is 6.23. The minimum absolute atomic E-state index is 0.0915. The number of hydrogen-bond donors (Lipinski definition) is 3. The second kappa shape index (κ2) is 11.5. The molecule has 0 spiro atoms. The van der Waals surface area contributed by atoms with Crippen LogP contribution in [0.4, 0.5) is 0 Å². The molecule has 2 aromatic heterocycles. The average Bonchev–Trinajstić information content (AvgIpc) is 3.72. The zero-order chi connectivity index (χ0) is 35.3. The lowest BCUT2D eigenvalue weighted by atomic mass is 9.93.